The van der Waals surface area contributed by atoms with Crippen LogP contribution in [0.2, 0.25) is 0 Å². The highest BCUT2D eigenvalue weighted by molar-refractivity contribution is 8.16. The second-order valence-electron chi connectivity index (χ2n) is 4.66. The summed E-state index contributed by atoms with van der Waals surface area (Å²) in [6.07, 6.45) is 1.55. The van der Waals surface area contributed by atoms with E-state index in [4.69, 9.17) is 0 Å². The Balaban J connectivity index is 2.39. The second-order valence-corrected chi connectivity index (χ2v) is 7.57. The number of rotatable bonds is 4. The molecular formula is C14H16N2O3S2. The summed E-state index contributed by atoms with van der Waals surface area (Å²) in [5.74, 6) is -0.155. The number of amides is 1. The van der Waals surface area contributed by atoms with Gasteiger partial charge in [-0.25, -0.2) is 0 Å². The van der Waals surface area contributed by atoms with E-state index < -0.39 is 10.0 Å². The smallest absolute Gasteiger partial charge is 0.284 e. The lowest BCUT2D eigenvalue weighted by Crippen LogP contribution is -2.31. The zero-order chi connectivity index (χ0) is 15.6. The highest BCUT2D eigenvalue weighted by atomic mass is 32.2. The Kier molecular flexibility index (Phi) is 4.53. The lowest BCUT2D eigenvalue weighted by Gasteiger charge is -2.13. The number of hydrogen-bond acceptors (Lipinski definition) is 4. The third-order valence-corrected chi connectivity index (χ3v) is 5.43. The van der Waals surface area contributed by atoms with Crippen LogP contribution >= 0.6 is 11.8 Å². The van der Waals surface area contributed by atoms with Gasteiger partial charge in [-0.2, -0.15) is 8.42 Å². The maximum absolute atomic E-state index is 12.3. The molecule has 1 atom stereocenters. The standard InChI is InChI=1S/C14H16N2O3S2/c1-4-9-16-13(17)11(3)20-14(16)15-21(18,19)12-7-5-10(2)6-8-12/h4-8,11H,1,9H2,2-3H3/t11-/m1/s1. The van der Waals surface area contributed by atoms with E-state index in [-0.39, 0.29) is 27.8 Å². The third-order valence-electron chi connectivity index (χ3n) is 2.96. The molecule has 0 N–H and O–H groups in total. The van der Waals surface area contributed by atoms with Crippen molar-refractivity contribution >= 4 is 32.9 Å². The van der Waals surface area contributed by atoms with Crippen LogP contribution in [-0.4, -0.2) is 36.2 Å². The molecule has 0 aromatic heterocycles. The van der Waals surface area contributed by atoms with Crippen LogP contribution in [0.5, 0.6) is 0 Å². The molecular weight excluding hydrogens is 308 g/mol. The van der Waals surface area contributed by atoms with Gasteiger partial charge in [-0.3, -0.25) is 9.69 Å². The Morgan fingerprint density at radius 2 is 2.00 bits per heavy atom. The minimum absolute atomic E-state index is 0.117. The van der Waals surface area contributed by atoms with E-state index in [2.05, 4.69) is 11.0 Å². The van der Waals surface area contributed by atoms with Gasteiger partial charge in [-0.15, -0.1) is 11.0 Å². The molecule has 1 aromatic carbocycles. The molecule has 7 heteroatoms. The van der Waals surface area contributed by atoms with Crippen molar-refractivity contribution in [2.75, 3.05) is 6.54 Å². The molecule has 0 unspecified atom stereocenters. The molecule has 1 fully saturated rings. The molecule has 0 radical (unpaired) electrons. The molecule has 5 nitrogen and oxygen atoms in total. The average molecular weight is 324 g/mol. The number of carbonyl (C=O) groups excluding carboxylic acids is 1. The molecule has 1 aliphatic rings. The SMILES string of the molecule is C=CCN1C(=O)[C@@H](C)SC1=NS(=O)(=O)c1ccc(C)cc1. The first-order valence-electron chi connectivity index (χ1n) is 6.35. The molecule has 1 amide bonds. The van der Waals surface area contributed by atoms with Crippen LogP contribution in [0.25, 0.3) is 0 Å². The van der Waals surface area contributed by atoms with Gasteiger partial charge in [0.2, 0.25) is 5.91 Å². The molecule has 1 saturated heterocycles. The number of benzene rings is 1. The van der Waals surface area contributed by atoms with Crippen LogP contribution in [0.15, 0.2) is 46.2 Å². The van der Waals surface area contributed by atoms with Crippen molar-refractivity contribution in [2.24, 2.45) is 4.40 Å². The number of nitrogens with zero attached hydrogens (tertiary/aromatic N) is 2. The molecule has 1 aromatic rings. The Bertz CT molecular complexity index is 693. The van der Waals surface area contributed by atoms with Gasteiger partial charge in [-0.1, -0.05) is 35.5 Å². The summed E-state index contributed by atoms with van der Waals surface area (Å²) in [7, 11) is -3.82. The molecule has 0 aliphatic carbocycles. The van der Waals surface area contributed by atoms with Gasteiger partial charge in [0.25, 0.3) is 10.0 Å². The molecule has 21 heavy (non-hydrogen) atoms. The first kappa shape index (κ1) is 15.8. The largest absolute Gasteiger partial charge is 0.286 e. The van der Waals surface area contributed by atoms with Crippen molar-refractivity contribution < 1.29 is 13.2 Å². The summed E-state index contributed by atoms with van der Waals surface area (Å²) in [6.45, 7) is 7.43. The van der Waals surface area contributed by atoms with Crippen molar-refractivity contribution in [3.05, 3.63) is 42.5 Å². The monoisotopic (exact) mass is 324 g/mol. The van der Waals surface area contributed by atoms with Crippen LogP contribution in [0.1, 0.15) is 12.5 Å². The van der Waals surface area contributed by atoms with Crippen molar-refractivity contribution in [1.82, 2.24) is 4.90 Å². The van der Waals surface area contributed by atoms with E-state index in [1.807, 2.05) is 6.92 Å². The Labute approximate surface area is 128 Å². The predicted octanol–water partition coefficient (Wildman–Crippen LogP) is 2.19. The van der Waals surface area contributed by atoms with Gasteiger partial charge >= 0.3 is 0 Å². The summed E-state index contributed by atoms with van der Waals surface area (Å²) in [5, 5.41) is -0.134. The van der Waals surface area contributed by atoms with Crippen molar-refractivity contribution in [2.45, 2.75) is 24.0 Å². The molecule has 112 valence electrons. The van der Waals surface area contributed by atoms with Gasteiger partial charge in [0.15, 0.2) is 5.17 Å². The predicted molar refractivity (Wildman–Crippen MR) is 84.8 cm³/mol. The maximum Gasteiger partial charge on any atom is 0.284 e. The quantitative estimate of drug-likeness (QED) is 0.796. The Morgan fingerprint density at radius 3 is 2.57 bits per heavy atom. The van der Waals surface area contributed by atoms with Gasteiger partial charge in [0, 0.05) is 6.54 Å². The van der Waals surface area contributed by atoms with Crippen LogP contribution < -0.4 is 0 Å². The van der Waals surface area contributed by atoms with Gasteiger partial charge < -0.3 is 0 Å². The fourth-order valence-corrected chi connectivity index (χ4v) is 4.01. The molecule has 1 aliphatic heterocycles. The topological polar surface area (TPSA) is 66.8 Å². The molecule has 0 saturated carbocycles. The minimum atomic E-state index is -3.82. The van der Waals surface area contributed by atoms with E-state index >= 15 is 0 Å². The highest BCUT2D eigenvalue weighted by Gasteiger charge is 2.35. The van der Waals surface area contributed by atoms with E-state index in [9.17, 15) is 13.2 Å². The molecule has 1 heterocycles. The fourth-order valence-electron chi connectivity index (χ4n) is 1.82. The van der Waals surface area contributed by atoms with Crippen molar-refractivity contribution in [3.63, 3.8) is 0 Å². The Hall–Kier alpha value is -1.60. The molecule has 0 bridgehead atoms. The van der Waals surface area contributed by atoms with E-state index in [0.29, 0.717) is 0 Å². The Morgan fingerprint density at radius 1 is 1.38 bits per heavy atom. The number of sulfonamides is 1. The minimum Gasteiger partial charge on any atom is -0.286 e. The lowest BCUT2D eigenvalue weighted by atomic mass is 10.2. The number of hydrogen-bond donors (Lipinski definition) is 0. The van der Waals surface area contributed by atoms with Crippen LogP contribution in [0.3, 0.4) is 0 Å². The van der Waals surface area contributed by atoms with Crippen LogP contribution in [0, 0.1) is 6.92 Å². The lowest BCUT2D eigenvalue weighted by molar-refractivity contribution is -0.125. The summed E-state index contributed by atoms with van der Waals surface area (Å²) in [4.78, 5) is 13.4. The summed E-state index contributed by atoms with van der Waals surface area (Å²) >= 11 is 1.15. The van der Waals surface area contributed by atoms with Gasteiger partial charge in [-0.05, 0) is 26.0 Å². The summed E-state index contributed by atoms with van der Waals surface area (Å²) < 4.78 is 28.4. The fraction of sp³-hybridized carbons (Fsp3) is 0.286. The van der Waals surface area contributed by atoms with E-state index in [1.165, 1.54) is 17.0 Å². The maximum atomic E-state index is 12.3. The van der Waals surface area contributed by atoms with Crippen molar-refractivity contribution in [1.29, 1.82) is 0 Å². The summed E-state index contributed by atoms with van der Waals surface area (Å²) in [5.41, 5.74) is 0.967. The van der Waals surface area contributed by atoms with Crippen LogP contribution in [-0.2, 0) is 14.8 Å². The van der Waals surface area contributed by atoms with E-state index in [1.54, 1.807) is 25.1 Å². The number of aryl methyl sites for hydroxylation is 1. The van der Waals surface area contributed by atoms with Crippen LogP contribution in [0.4, 0.5) is 0 Å². The van der Waals surface area contributed by atoms with Gasteiger partial charge in [0.1, 0.15) is 0 Å². The van der Waals surface area contributed by atoms with Gasteiger partial charge in [0.05, 0.1) is 10.1 Å². The number of amidine groups is 1. The van der Waals surface area contributed by atoms with Crippen molar-refractivity contribution in [3.8, 4) is 0 Å². The van der Waals surface area contributed by atoms with E-state index in [0.717, 1.165) is 17.3 Å². The number of thioether (sulfide) groups is 1. The normalized spacial score (nSPS) is 21.0. The first-order valence-corrected chi connectivity index (χ1v) is 8.67. The zero-order valence-corrected chi connectivity index (χ0v) is 13.4. The second kappa shape index (κ2) is 6.03. The molecule has 0 spiro atoms. The average Bonchev–Trinajstić information content (AvgIpc) is 2.67. The molecule has 2 rings (SSSR count). The highest BCUT2D eigenvalue weighted by Crippen LogP contribution is 2.28. The third kappa shape index (κ3) is 3.36. The summed E-state index contributed by atoms with van der Waals surface area (Å²) in [6, 6.07) is 6.45. The first-order chi connectivity index (χ1) is 9.85. The zero-order valence-electron chi connectivity index (χ0n) is 11.8. The number of carbonyl (C=O) groups is 1.